The van der Waals surface area contributed by atoms with Gasteiger partial charge in [0.05, 0.1) is 6.26 Å². The van der Waals surface area contributed by atoms with E-state index in [0.29, 0.717) is 23.7 Å². The van der Waals surface area contributed by atoms with Crippen molar-refractivity contribution in [2.45, 2.75) is 19.3 Å². The fourth-order valence-corrected chi connectivity index (χ4v) is 7.88. The van der Waals surface area contributed by atoms with Crippen molar-refractivity contribution < 1.29 is 9.90 Å². The third kappa shape index (κ3) is 8.95. The molecule has 2 bridgehead atoms. The Kier molecular flexibility index (Phi) is 15.7. The van der Waals surface area contributed by atoms with Gasteiger partial charge in [0.2, 0.25) is 0 Å². The van der Waals surface area contributed by atoms with E-state index >= 15 is 0 Å². The third-order valence-electron chi connectivity index (χ3n) is 9.39. The van der Waals surface area contributed by atoms with Crippen LogP contribution in [0.5, 0.6) is 0 Å². The Hall–Kier alpha value is 1.25. The van der Waals surface area contributed by atoms with Crippen LogP contribution in [0.2, 0.25) is 0 Å². The summed E-state index contributed by atoms with van der Waals surface area (Å²) in [6.07, 6.45) is -6.86. The molecule has 0 aromatic heterocycles. The zero-order valence-corrected chi connectivity index (χ0v) is 24.3. The Morgan fingerprint density at radius 2 is 1.02 bits per heavy atom. The first-order valence-electron chi connectivity index (χ1n) is 13.9. The van der Waals surface area contributed by atoms with Crippen LogP contribution in [0.4, 0.5) is 0 Å². The van der Waals surface area contributed by atoms with E-state index in [4.69, 9.17) is 125 Å². The summed E-state index contributed by atoms with van der Waals surface area (Å²) in [7, 11) is 83.7. The Morgan fingerprint density at radius 1 is 0.634 bits per heavy atom. The van der Waals surface area contributed by atoms with Crippen molar-refractivity contribution >= 4 is 215 Å². The van der Waals surface area contributed by atoms with Gasteiger partial charge in [0.15, 0.2) is 5.78 Å². The number of hydrogen-bond donors (Lipinski definition) is 1. The van der Waals surface area contributed by atoms with Crippen molar-refractivity contribution in [2.24, 2.45) is 23.7 Å². The fourth-order valence-electron chi connectivity index (χ4n) is 7.52. The van der Waals surface area contributed by atoms with Crippen LogP contribution in [0.1, 0.15) is 19.3 Å². The summed E-state index contributed by atoms with van der Waals surface area (Å²) >= 11 is 5.30. The SMILES string of the molecule is O=C1/C(=C/O)C2CCC3C(C2)C13.[B]B([B])B(B([B])[B])B(B([B])[B])B(B=S)B(B(B([B])[B])B([B])[B])B(B([B])[B])B([B])[B]. The first-order valence-corrected chi connectivity index (χ1v) is 14.4. The molecule has 0 aromatic rings. The van der Waals surface area contributed by atoms with Crippen molar-refractivity contribution in [3.8, 4) is 0 Å². The molecule has 3 aliphatic rings. The third-order valence-corrected chi connectivity index (χ3v) is 9.71. The number of ketones is 1. The molecule has 31 heteroatoms. The number of carbonyl (C=O) groups is 1. The number of carbonyl (C=O) groups excluding carboxylic acids is 1. The molecular weight excluding hydrogens is 487 g/mol. The summed E-state index contributed by atoms with van der Waals surface area (Å²) in [5.74, 6) is 2.33. The van der Waals surface area contributed by atoms with E-state index in [-0.39, 0.29) is 5.78 Å². The molecule has 4 unspecified atom stereocenters. The summed E-state index contributed by atoms with van der Waals surface area (Å²) in [6.45, 7) is 0. The van der Waals surface area contributed by atoms with Gasteiger partial charge in [-0.25, -0.2) is 0 Å². The second-order valence-electron chi connectivity index (χ2n) is 12.0. The molecule has 0 spiro atoms. The first kappa shape index (κ1) is 38.4. The molecule has 2 nitrogen and oxygen atoms in total. The Balaban J connectivity index is 0.000000394. The van der Waals surface area contributed by atoms with Crippen LogP contribution in [0.3, 0.4) is 0 Å². The van der Waals surface area contributed by atoms with Crippen molar-refractivity contribution in [3.63, 3.8) is 0 Å². The number of aliphatic hydroxyl groups is 1. The van der Waals surface area contributed by atoms with Crippen LogP contribution >= 0.6 is 12.1 Å². The number of aliphatic hydroxyl groups excluding tert-OH is 1. The van der Waals surface area contributed by atoms with Crippen molar-refractivity contribution in [2.75, 3.05) is 0 Å². The molecule has 0 saturated heterocycles. The fraction of sp³-hybridized carbons (Fsp3) is 0.700. The standard InChI is InChI=1S/C10H12O2.B28S/c11-4-8-5-1-2-6-7(3-5)9(6)10(8)12;1-16(2)24(17(3)4)27(22(13)14)23(15-29)28(25(18(5)6)19(7)8)26(20(9)10)21(11)12/h4-7,9,11H,1-3H2;/b8-4+;. The van der Waals surface area contributed by atoms with Crippen LogP contribution in [0, 0.1) is 23.7 Å². The van der Waals surface area contributed by atoms with E-state index in [9.17, 15) is 4.79 Å². The number of fused-ring (bicyclic) bond motifs is 2. The summed E-state index contributed by atoms with van der Waals surface area (Å²) in [5.41, 5.74) is 0.719. The summed E-state index contributed by atoms with van der Waals surface area (Å²) in [6, 6.07) is 1.40. The number of rotatable bonds is 13. The average molecular weight is 499 g/mol. The predicted octanol–water partition coefficient (Wildman–Crippen LogP) is -8.34. The maximum absolute atomic E-state index is 11.6. The van der Waals surface area contributed by atoms with E-state index < -0.39 is 83.0 Å². The molecule has 1 N–H and O–H groups in total. The summed E-state index contributed by atoms with van der Waals surface area (Å²) in [5, 5.41) is 8.93. The maximum atomic E-state index is 11.6. The van der Waals surface area contributed by atoms with Crippen LogP contribution in [-0.2, 0) is 4.79 Å². The Morgan fingerprint density at radius 3 is 1.37 bits per heavy atom. The van der Waals surface area contributed by atoms with Crippen LogP contribution in [0.25, 0.3) is 0 Å². The molecule has 154 valence electrons. The molecule has 0 aromatic carbocycles. The molecule has 28 radical (unpaired) electrons. The molecule has 3 aliphatic carbocycles. The van der Waals surface area contributed by atoms with E-state index in [2.05, 4.69) is 0 Å². The van der Waals surface area contributed by atoms with Gasteiger partial charge in [-0.1, -0.05) is 0 Å². The number of hydrogen-bond acceptors (Lipinski definition) is 3. The Bertz CT molecular complexity index is 849. The van der Waals surface area contributed by atoms with E-state index in [0.717, 1.165) is 24.7 Å². The van der Waals surface area contributed by atoms with Crippen molar-refractivity contribution in [1.82, 2.24) is 0 Å². The minimum absolute atomic E-state index is 0.251. The predicted molar refractivity (Wildman–Crippen MR) is 212 cm³/mol. The molecular formula is C10H12B28O2S. The molecule has 0 amide bonds. The van der Waals surface area contributed by atoms with Gasteiger partial charge in [0.1, 0.15) is 0 Å². The van der Waals surface area contributed by atoms with E-state index in [1.807, 2.05) is 0 Å². The second kappa shape index (κ2) is 16.7. The van der Waals surface area contributed by atoms with Gasteiger partial charge in [-0.2, -0.15) is 0 Å². The molecule has 41 heavy (non-hydrogen) atoms. The van der Waals surface area contributed by atoms with E-state index in [1.165, 1.54) is 12.5 Å². The number of Topliss-reactive ketones (excluding diaryl/α,β-unsaturated/α-hetero) is 1. The topological polar surface area (TPSA) is 37.3 Å². The van der Waals surface area contributed by atoms with Crippen LogP contribution < -0.4 is 0 Å². The van der Waals surface area contributed by atoms with Crippen molar-refractivity contribution in [3.05, 3.63) is 11.8 Å². The second-order valence-corrected chi connectivity index (χ2v) is 12.2. The van der Waals surface area contributed by atoms with E-state index in [1.54, 1.807) is 0 Å². The zero-order chi connectivity index (χ0) is 31.5. The number of allylic oxidation sites excluding steroid dienone is 1. The van der Waals surface area contributed by atoms with Crippen LogP contribution in [0.15, 0.2) is 11.8 Å². The molecule has 3 rings (SSSR count). The minimum atomic E-state index is -0.997. The van der Waals surface area contributed by atoms with Gasteiger partial charge < -0.3 is 5.11 Å². The molecule has 3 saturated carbocycles. The monoisotopic (exact) mass is 504 g/mol. The zero-order valence-electron chi connectivity index (χ0n) is 23.4. The van der Waals surface area contributed by atoms with Gasteiger partial charge >= 0.3 is 209 Å². The van der Waals surface area contributed by atoms with Gasteiger partial charge in [0, 0.05) is 11.5 Å². The average Bonchev–Trinajstić information content (AvgIpc) is 3.59. The molecule has 0 aliphatic heterocycles. The van der Waals surface area contributed by atoms with Gasteiger partial charge in [0.25, 0.3) is 0 Å². The van der Waals surface area contributed by atoms with Crippen LogP contribution in [-0.4, -0.2) is 208 Å². The quantitative estimate of drug-likeness (QED) is 0.156. The van der Waals surface area contributed by atoms with Crippen molar-refractivity contribution in [1.29, 1.82) is 0 Å². The molecule has 3 fully saturated rings. The van der Waals surface area contributed by atoms with Gasteiger partial charge in [-0.3, -0.25) is 4.79 Å². The summed E-state index contributed by atoms with van der Waals surface area (Å²) < 4.78 is 0. The summed E-state index contributed by atoms with van der Waals surface area (Å²) in [4.78, 5) is 11.6. The normalized spacial score (nSPS) is 22.0. The first-order chi connectivity index (χ1) is 19.0. The Labute approximate surface area is 278 Å². The van der Waals surface area contributed by atoms with Gasteiger partial charge in [-0.15, -0.1) is 0 Å². The molecule has 0 heterocycles. The van der Waals surface area contributed by atoms with Gasteiger partial charge in [-0.05, 0) is 37.0 Å². The molecule has 4 atom stereocenters.